The zero-order chi connectivity index (χ0) is 34.9. The Bertz CT molecular complexity index is 1250. The van der Waals surface area contributed by atoms with E-state index in [4.69, 9.17) is 9.98 Å². The maximum absolute atomic E-state index is 5.11. The molecule has 2 aromatic rings. The summed E-state index contributed by atoms with van der Waals surface area (Å²) in [4.78, 5) is 10.2. The number of unbranched alkanes of at least 4 members (excludes halogenated alkanes) is 22. The number of rotatable bonds is 27. The number of aliphatic imine (C=N–C) groups is 2. The SMILES string of the molecule is CCCCCCCC#CC(=N\c1ccc(C#CCCCCCCCCCCCCCC)cc1)/C(CCCCCCCC)=N/c1ccccc1.[Ni]. The summed E-state index contributed by atoms with van der Waals surface area (Å²) < 4.78 is 0. The number of para-hydroxylation sites is 1. The van der Waals surface area contributed by atoms with Crippen molar-refractivity contribution in [3.8, 4) is 23.7 Å². The Morgan fingerprint density at radius 1 is 0.460 bits per heavy atom. The summed E-state index contributed by atoms with van der Waals surface area (Å²) in [7, 11) is 0. The largest absolute Gasteiger partial charge is 0.251 e. The van der Waals surface area contributed by atoms with Crippen LogP contribution in [0.25, 0.3) is 0 Å². The molecule has 0 fully saturated rings. The van der Waals surface area contributed by atoms with Gasteiger partial charge < -0.3 is 0 Å². The van der Waals surface area contributed by atoms with E-state index in [-0.39, 0.29) is 16.5 Å². The molecular formula is C47H70N2Ni. The molecule has 3 heteroatoms. The normalized spacial score (nSPS) is 11.3. The minimum atomic E-state index is 0. The summed E-state index contributed by atoms with van der Waals surface area (Å²) in [6.45, 7) is 6.83. The van der Waals surface area contributed by atoms with Crippen LogP contribution in [0.4, 0.5) is 11.4 Å². The van der Waals surface area contributed by atoms with Crippen molar-refractivity contribution in [2.75, 3.05) is 0 Å². The van der Waals surface area contributed by atoms with Crippen LogP contribution in [-0.2, 0) is 16.5 Å². The van der Waals surface area contributed by atoms with Crippen LogP contribution in [0.1, 0.15) is 193 Å². The Morgan fingerprint density at radius 2 is 0.900 bits per heavy atom. The summed E-state index contributed by atoms with van der Waals surface area (Å²) in [5.74, 6) is 13.7. The summed E-state index contributed by atoms with van der Waals surface area (Å²) in [5.41, 5.74) is 4.77. The fourth-order valence-corrected chi connectivity index (χ4v) is 6.05. The molecule has 0 aliphatic carbocycles. The van der Waals surface area contributed by atoms with Crippen LogP contribution in [0.15, 0.2) is 64.6 Å². The fraction of sp³-hybridized carbons (Fsp3) is 0.617. The maximum Gasteiger partial charge on any atom is 0.135 e. The van der Waals surface area contributed by atoms with E-state index in [0.717, 1.165) is 60.5 Å². The third-order valence-electron chi connectivity index (χ3n) is 9.17. The summed E-state index contributed by atoms with van der Waals surface area (Å²) in [6, 6.07) is 18.7. The number of hydrogen-bond donors (Lipinski definition) is 0. The van der Waals surface area contributed by atoms with Crippen molar-refractivity contribution in [3.05, 3.63) is 60.2 Å². The standard InChI is InChI=1S/C47H70N2.Ni/c1-4-7-10-13-16-17-18-19-20-21-22-24-25-29-34-43-39-41-45(42-40-43)49-47(38-33-27-23-14-11-8-5-2)46(37-32-26-15-12-9-6-3)48-44-35-30-28-31-36-44;/h28,30-31,35-36,39-42H,4-27,32,37H2,1-3H3;/b48-46+,49-47+;. The molecule has 0 spiro atoms. The molecule has 0 heterocycles. The molecule has 50 heavy (non-hydrogen) atoms. The summed E-state index contributed by atoms with van der Waals surface area (Å²) >= 11 is 0. The first-order valence-electron chi connectivity index (χ1n) is 20.6. The molecule has 0 bridgehead atoms. The zero-order valence-electron chi connectivity index (χ0n) is 32.3. The van der Waals surface area contributed by atoms with Gasteiger partial charge in [0, 0.05) is 34.9 Å². The number of benzene rings is 2. The molecular weight excluding hydrogens is 651 g/mol. The third kappa shape index (κ3) is 24.5. The number of nitrogens with zero attached hydrogens (tertiary/aromatic N) is 2. The van der Waals surface area contributed by atoms with Gasteiger partial charge in [-0.2, -0.15) is 0 Å². The average Bonchev–Trinajstić information content (AvgIpc) is 3.13. The van der Waals surface area contributed by atoms with Gasteiger partial charge in [0.15, 0.2) is 0 Å². The number of hydrogen-bond acceptors (Lipinski definition) is 2. The van der Waals surface area contributed by atoms with Crippen molar-refractivity contribution in [3.63, 3.8) is 0 Å². The van der Waals surface area contributed by atoms with Gasteiger partial charge in [-0.15, -0.1) is 0 Å². The van der Waals surface area contributed by atoms with Crippen molar-refractivity contribution >= 4 is 22.8 Å². The Balaban J connectivity index is 0.0000125. The van der Waals surface area contributed by atoms with Crippen molar-refractivity contribution in [1.82, 2.24) is 0 Å². The Hall–Kier alpha value is -2.61. The predicted molar refractivity (Wildman–Crippen MR) is 219 cm³/mol. The van der Waals surface area contributed by atoms with Gasteiger partial charge in [-0.05, 0) is 68.0 Å². The van der Waals surface area contributed by atoms with Crippen molar-refractivity contribution in [2.24, 2.45) is 9.98 Å². The van der Waals surface area contributed by atoms with Crippen LogP contribution in [0.3, 0.4) is 0 Å². The van der Waals surface area contributed by atoms with E-state index in [2.05, 4.69) is 93.0 Å². The van der Waals surface area contributed by atoms with Crippen molar-refractivity contribution in [1.29, 1.82) is 0 Å². The van der Waals surface area contributed by atoms with E-state index in [0.29, 0.717) is 0 Å². The Kier molecular flexibility index (Phi) is 30.5. The first-order valence-corrected chi connectivity index (χ1v) is 20.6. The van der Waals surface area contributed by atoms with Crippen LogP contribution in [0.2, 0.25) is 0 Å². The molecule has 2 nitrogen and oxygen atoms in total. The fourth-order valence-electron chi connectivity index (χ4n) is 6.05. The molecule has 0 aromatic heterocycles. The molecule has 0 radical (unpaired) electrons. The van der Waals surface area contributed by atoms with E-state index in [1.807, 2.05) is 6.07 Å². The van der Waals surface area contributed by atoms with Crippen LogP contribution in [-0.4, -0.2) is 11.4 Å². The van der Waals surface area contributed by atoms with E-state index in [1.165, 1.54) is 135 Å². The summed E-state index contributed by atoms with van der Waals surface area (Å²) in [5, 5.41) is 0. The molecule has 0 aliphatic heterocycles. The first kappa shape index (κ1) is 45.4. The molecule has 2 aromatic carbocycles. The van der Waals surface area contributed by atoms with E-state index < -0.39 is 0 Å². The smallest absolute Gasteiger partial charge is 0.135 e. The second-order valence-electron chi connectivity index (χ2n) is 13.8. The second kappa shape index (κ2) is 33.5. The van der Waals surface area contributed by atoms with Gasteiger partial charge in [0.1, 0.15) is 5.71 Å². The molecule has 0 unspecified atom stereocenters. The van der Waals surface area contributed by atoms with E-state index in [1.54, 1.807) is 0 Å². The third-order valence-corrected chi connectivity index (χ3v) is 9.17. The molecule has 0 saturated carbocycles. The summed E-state index contributed by atoms with van der Waals surface area (Å²) in [6.07, 6.45) is 33.1. The Labute approximate surface area is 319 Å². The van der Waals surface area contributed by atoms with Gasteiger partial charge in [-0.1, -0.05) is 185 Å². The van der Waals surface area contributed by atoms with Gasteiger partial charge in [-0.25, -0.2) is 4.99 Å². The Morgan fingerprint density at radius 3 is 1.42 bits per heavy atom. The molecule has 0 N–H and O–H groups in total. The molecule has 278 valence electrons. The van der Waals surface area contributed by atoms with Crippen LogP contribution < -0.4 is 0 Å². The van der Waals surface area contributed by atoms with E-state index in [9.17, 15) is 0 Å². The van der Waals surface area contributed by atoms with Crippen LogP contribution in [0.5, 0.6) is 0 Å². The monoisotopic (exact) mass is 720 g/mol. The zero-order valence-corrected chi connectivity index (χ0v) is 33.3. The minimum Gasteiger partial charge on any atom is -0.251 e. The second-order valence-corrected chi connectivity index (χ2v) is 13.8. The van der Waals surface area contributed by atoms with Gasteiger partial charge in [0.05, 0.1) is 17.1 Å². The quantitative estimate of drug-likeness (QED) is 0.0380. The molecule has 0 saturated heterocycles. The molecule has 0 atom stereocenters. The van der Waals surface area contributed by atoms with Gasteiger partial charge in [-0.3, -0.25) is 4.99 Å². The maximum atomic E-state index is 5.11. The van der Waals surface area contributed by atoms with Gasteiger partial charge in [0.25, 0.3) is 0 Å². The van der Waals surface area contributed by atoms with Crippen molar-refractivity contribution < 1.29 is 16.5 Å². The van der Waals surface area contributed by atoms with E-state index >= 15 is 0 Å². The molecule has 0 amide bonds. The van der Waals surface area contributed by atoms with Crippen molar-refractivity contribution in [2.45, 2.75) is 188 Å². The van der Waals surface area contributed by atoms with Crippen LogP contribution >= 0.6 is 0 Å². The molecule has 0 aliphatic rings. The predicted octanol–water partition coefficient (Wildman–Crippen LogP) is 15.1. The van der Waals surface area contributed by atoms with Crippen LogP contribution in [0, 0.1) is 23.7 Å². The molecule has 2 rings (SSSR count). The first-order chi connectivity index (χ1) is 24.3. The average molecular weight is 722 g/mol. The van der Waals surface area contributed by atoms with Gasteiger partial charge in [0.2, 0.25) is 0 Å². The van der Waals surface area contributed by atoms with Gasteiger partial charge >= 0.3 is 0 Å². The topological polar surface area (TPSA) is 24.7 Å². The minimum absolute atomic E-state index is 0.